The number of hydrogen-bond acceptors (Lipinski definition) is 3. The number of benzene rings is 2. The van der Waals surface area contributed by atoms with Crippen LogP contribution in [0.15, 0.2) is 65.6 Å². The molecule has 4 nitrogen and oxygen atoms in total. The molecule has 0 N–H and O–H groups in total. The minimum Gasteiger partial charge on any atom is -0.494 e. The largest absolute Gasteiger partial charge is 0.494 e. The van der Waals surface area contributed by atoms with Crippen molar-refractivity contribution in [2.75, 3.05) is 7.11 Å². The number of hydrogen-bond donors (Lipinski definition) is 0. The Morgan fingerprint density at radius 2 is 1.91 bits per heavy atom. The molecule has 0 aliphatic rings. The van der Waals surface area contributed by atoms with Crippen molar-refractivity contribution in [2.24, 2.45) is 0 Å². The van der Waals surface area contributed by atoms with Crippen molar-refractivity contribution in [3.05, 3.63) is 81.7 Å². The molecule has 2 aromatic carbocycles. The van der Waals surface area contributed by atoms with E-state index in [0.717, 1.165) is 5.56 Å². The van der Waals surface area contributed by atoms with Gasteiger partial charge in [-0.3, -0.25) is 4.79 Å². The molecule has 0 bridgehead atoms. The molecule has 0 radical (unpaired) electrons. The molecule has 0 spiro atoms. The summed E-state index contributed by atoms with van der Waals surface area (Å²) in [4.78, 5) is 12.8. The van der Waals surface area contributed by atoms with Crippen molar-refractivity contribution >= 4 is 11.6 Å². The Kier molecular flexibility index (Phi) is 4.44. The van der Waals surface area contributed by atoms with Gasteiger partial charge in [0.1, 0.15) is 0 Å². The molecule has 0 aliphatic heterocycles. The van der Waals surface area contributed by atoms with Gasteiger partial charge < -0.3 is 4.74 Å². The van der Waals surface area contributed by atoms with Crippen LogP contribution in [0.3, 0.4) is 0 Å². The molecule has 0 unspecified atom stereocenters. The van der Waals surface area contributed by atoms with E-state index in [4.69, 9.17) is 16.3 Å². The Labute approximate surface area is 138 Å². The molecule has 0 fully saturated rings. The second-order valence-electron chi connectivity index (χ2n) is 5.05. The van der Waals surface area contributed by atoms with Crippen molar-refractivity contribution in [1.82, 2.24) is 9.78 Å². The normalized spacial score (nSPS) is 10.5. The second kappa shape index (κ2) is 6.67. The highest BCUT2D eigenvalue weighted by atomic mass is 35.5. The van der Waals surface area contributed by atoms with E-state index in [0.29, 0.717) is 28.4 Å². The molecule has 5 heteroatoms. The predicted octanol–water partition coefficient (Wildman–Crippen LogP) is 3.62. The van der Waals surface area contributed by atoms with Crippen LogP contribution in [0.25, 0.3) is 11.1 Å². The van der Waals surface area contributed by atoms with Gasteiger partial charge in [-0.05, 0) is 23.3 Å². The van der Waals surface area contributed by atoms with Crippen LogP contribution in [0.1, 0.15) is 5.56 Å². The number of methoxy groups -OCH3 is 1. The molecule has 0 atom stereocenters. The van der Waals surface area contributed by atoms with Crippen LogP contribution in [0.2, 0.25) is 5.02 Å². The molecule has 1 heterocycles. The lowest BCUT2D eigenvalue weighted by molar-refractivity contribution is 0.409. The first-order valence-electron chi connectivity index (χ1n) is 7.13. The highest BCUT2D eigenvalue weighted by Crippen LogP contribution is 2.27. The van der Waals surface area contributed by atoms with Crippen LogP contribution in [-0.4, -0.2) is 16.9 Å². The summed E-state index contributed by atoms with van der Waals surface area (Å²) in [5, 5.41) is 4.76. The molecular weight excluding hydrogens is 312 g/mol. The van der Waals surface area contributed by atoms with Crippen LogP contribution in [0, 0.1) is 0 Å². The Morgan fingerprint density at radius 3 is 2.61 bits per heavy atom. The number of nitrogens with zero attached hydrogens (tertiary/aromatic N) is 2. The summed E-state index contributed by atoms with van der Waals surface area (Å²) in [7, 11) is 1.52. The van der Waals surface area contributed by atoms with Gasteiger partial charge in [0.15, 0.2) is 5.75 Å². The van der Waals surface area contributed by atoms with Crippen LogP contribution in [-0.2, 0) is 6.54 Å². The van der Waals surface area contributed by atoms with Crippen LogP contribution in [0.4, 0.5) is 0 Å². The van der Waals surface area contributed by atoms with E-state index in [1.165, 1.54) is 11.8 Å². The summed E-state index contributed by atoms with van der Waals surface area (Å²) in [5.74, 6) is 0.432. The topological polar surface area (TPSA) is 44.1 Å². The third-order valence-corrected chi connectivity index (χ3v) is 3.75. The number of aromatic nitrogens is 2. The SMILES string of the molecule is COc1cnn(Cc2ccccc2)c(=O)c1-c1cccc(Cl)c1. The lowest BCUT2D eigenvalue weighted by atomic mass is 10.1. The molecule has 0 aliphatic carbocycles. The molecule has 0 saturated carbocycles. The van der Waals surface area contributed by atoms with E-state index in [1.54, 1.807) is 24.4 Å². The highest BCUT2D eigenvalue weighted by Gasteiger charge is 2.14. The van der Waals surface area contributed by atoms with Crippen LogP contribution in [0.5, 0.6) is 5.75 Å². The van der Waals surface area contributed by atoms with Gasteiger partial charge in [0.2, 0.25) is 0 Å². The molecule has 0 amide bonds. The fraction of sp³-hybridized carbons (Fsp3) is 0.111. The van der Waals surface area contributed by atoms with Gasteiger partial charge in [0, 0.05) is 5.02 Å². The Bertz CT molecular complexity index is 876. The van der Waals surface area contributed by atoms with Crippen molar-refractivity contribution in [2.45, 2.75) is 6.54 Å². The minimum atomic E-state index is -0.213. The zero-order valence-electron chi connectivity index (χ0n) is 12.6. The van der Waals surface area contributed by atoms with Gasteiger partial charge in [-0.15, -0.1) is 0 Å². The Hall–Kier alpha value is -2.59. The average molecular weight is 327 g/mol. The highest BCUT2D eigenvalue weighted by molar-refractivity contribution is 6.30. The lowest BCUT2D eigenvalue weighted by Gasteiger charge is -2.11. The maximum absolute atomic E-state index is 12.8. The first kappa shape index (κ1) is 15.3. The molecule has 116 valence electrons. The lowest BCUT2D eigenvalue weighted by Crippen LogP contribution is -2.25. The van der Waals surface area contributed by atoms with E-state index in [1.807, 2.05) is 36.4 Å². The van der Waals surface area contributed by atoms with Gasteiger partial charge in [-0.1, -0.05) is 54.1 Å². The second-order valence-corrected chi connectivity index (χ2v) is 5.48. The van der Waals surface area contributed by atoms with Crippen molar-refractivity contribution in [3.63, 3.8) is 0 Å². The smallest absolute Gasteiger partial charge is 0.278 e. The maximum atomic E-state index is 12.8. The van der Waals surface area contributed by atoms with E-state index >= 15 is 0 Å². The summed E-state index contributed by atoms with van der Waals surface area (Å²) in [6.45, 7) is 0.400. The van der Waals surface area contributed by atoms with Gasteiger partial charge in [-0.25, -0.2) is 4.68 Å². The summed E-state index contributed by atoms with van der Waals surface area (Å²) in [5.41, 5.74) is 1.96. The monoisotopic (exact) mass is 326 g/mol. The zero-order valence-corrected chi connectivity index (χ0v) is 13.3. The third-order valence-electron chi connectivity index (χ3n) is 3.52. The van der Waals surface area contributed by atoms with Gasteiger partial charge in [-0.2, -0.15) is 5.10 Å². The van der Waals surface area contributed by atoms with E-state index in [-0.39, 0.29) is 5.56 Å². The summed E-state index contributed by atoms with van der Waals surface area (Å²) < 4.78 is 6.73. The zero-order chi connectivity index (χ0) is 16.2. The first-order valence-corrected chi connectivity index (χ1v) is 7.51. The van der Waals surface area contributed by atoms with Crippen molar-refractivity contribution in [3.8, 4) is 16.9 Å². The average Bonchev–Trinajstić information content (AvgIpc) is 2.57. The summed E-state index contributed by atoms with van der Waals surface area (Å²) in [6.07, 6.45) is 1.56. The van der Waals surface area contributed by atoms with Crippen LogP contribution >= 0.6 is 11.6 Å². The van der Waals surface area contributed by atoms with E-state index in [2.05, 4.69) is 5.10 Å². The predicted molar refractivity (Wildman–Crippen MR) is 91.0 cm³/mol. The molecular formula is C18H15ClN2O2. The quantitative estimate of drug-likeness (QED) is 0.735. The number of rotatable bonds is 4. The van der Waals surface area contributed by atoms with Gasteiger partial charge in [0.05, 0.1) is 25.4 Å². The van der Waals surface area contributed by atoms with E-state index < -0.39 is 0 Å². The molecule has 0 saturated heterocycles. The van der Waals surface area contributed by atoms with E-state index in [9.17, 15) is 4.79 Å². The number of halogens is 1. The Balaban J connectivity index is 2.11. The maximum Gasteiger partial charge on any atom is 0.278 e. The van der Waals surface area contributed by atoms with Crippen LogP contribution < -0.4 is 10.3 Å². The van der Waals surface area contributed by atoms with Crippen molar-refractivity contribution < 1.29 is 4.74 Å². The van der Waals surface area contributed by atoms with Gasteiger partial charge in [0.25, 0.3) is 5.56 Å². The first-order chi connectivity index (χ1) is 11.2. The third kappa shape index (κ3) is 3.27. The minimum absolute atomic E-state index is 0.213. The summed E-state index contributed by atoms with van der Waals surface area (Å²) in [6, 6.07) is 16.9. The standard InChI is InChI=1S/C18H15ClN2O2/c1-23-16-11-20-21(12-13-6-3-2-4-7-13)18(22)17(16)14-8-5-9-15(19)10-14/h2-11H,12H2,1H3. The van der Waals surface area contributed by atoms with Crippen molar-refractivity contribution in [1.29, 1.82) is 0 Å². The molecule has 1 aromatic heterocycles. The molecule has 23 heavy (non-hydrogen) atoms. The Morgan fingerprint density at radius 1 is 1.13 bits per heavy atom. The summed E-state index contributed by atoms with van der Waals surface area (Å²) >= 11 is 6.05. The fourth-order valence-corrected chi connectivity index (χ4v) is 2.60. The van der Waals surface area contributed by atoms with Gasteiger partial charge >= 0.3 is 0 Å². The molecule has 3 rings (SSSR count). The number of ether oxygens (including phenoxy) is 1. The fourth-order valence-electron chi connectivity index (χ4n) is 2.41. The molecule has 3 aromatic rings.